The number of carboxylic acid groups (broad SMARTS) is 1. The Bertz CT molecular complexity index is 505. The summed E-state index contributed by atoms with van der Waals surface area (Å²) in [6.45, 7) is 5.71. The summed E-state index contributed by atoms with van der Waals surface area (Å²) >= 11 is 0. The van der Waals surface area contributed by atoms with Crippen LogP contribution in [-0.2, 0) is 4.79 Å². The first-order valence-corrected chi connectivity index (χ1v) is 6.69. The lowest BCUT2D eigenvalue weighted by atomic mass is 10.1. The molecule has 0 aromatic heterocycles. The van der Waals surface area contributed by atoms with E-state index in [0.29, 0.717) is 5.69 Å². The van der Waals surface area contributed by atoms with E-state index in [9.17, 15) is 14.7 Å². The number of carbonyl (C=O) groups excluding carboxylic acids is 1. The van der Waals surface area contributed by atoms with Gasteiger partial charge in [-0.25, -0.2) is 4.79 Å². The van der Waals surface area contributed by atoms with Crippen molar-refractivity contribution in [3.8, 4) is 5.75 Å². The Hall–Kier alpha value is -2.24. The van der Waals surface area contributed by atoms with E-state index in [2.05, 4.69) is 0 Å². The van der Waals surface area contributed by atoms with E-state index in [1.807, 2.05) is 20.8 Å². The molecule has 0 aliphatic rings. The SMILES string of the molecule is CN(C(=O)N(CCC(=O)O)C(C)(C)C)c1ccc(O)cc1. The first-order valence-electron chi connectivity index (χ1n) is 6.69. The molecule has 1 aromatic carbocycles. The number of aromatic hydroxyl groups is 1. The molecule has 0 saturated heterocycles. The number of carbonyl (C=O) groups is 2. The van der Waals surface area contributed by atoms with Gasteiger partial charge in [-0.3, -0.25) is 9.69 Å². The van der Waals surface area contributed by atoms with E-state index >= 15 is 0 Å². The molecule has 0 bridgehead atoms. The predicted octanol–water partition coefficient (Wildman–Crippen LogP) is 2.52. The van der Waals surface area contributed by atoms with Crippen LogP contribution in [0, 0.1) is 0 Å². The second-order valence-electron chi connectivity index (χ2n) is 5.82. The molecule has 1 aromatic rings. The summed E-state index contributed by atoms with van der Waals surface area (Å²) in [6, 6.07) is 5.97. The van der Waals surface area contributed by atoms with Crippen LogP contribution in [0.5, 0.6) is 5.75 Å². The molecular formula is C15H22N2O4. The molecule has 0 radical (unpaired) electrons. The molecule has 1 rings (SSSR count). The highest BCUT2D eigenvalue weighted by molar-refractivity contribution is 5.92. The van der Waals surface area contributed by atoms with Crippen LogP contribution >= 0.6 is 0 Å². The van der Waals surface area contributed by atoms with E-state index in [0.717, 1.165) is 0 Å². The Labute approximate surface area is 124 Å². The number of phenols is 1. The zero-order valence-electron chi connectivity index (χ0n) is 12.8. The highest BCUT2D eigenvalue weighted by Gasteiger charge is 2.29. The molecule has 0 saturated carbocycles. The Morgan fingerprint density at radius 3 is 2.10 bits per heavy atom. The number of nitrogens with zero attached hydrogens (tertiary/aromatic N) is 2. The standard InChI is InChI=1S/C15H22N2O4/c1-15(2,3)17(10-9-13(19)20)14(21)16(4)11-5-7-12(18)8-6-11/h5-8,18H,9-10H2,1-4H3,(H,19,20). The normalized spacial score (nSPS) is 11.0. The lowest BCUT2D eigenvalue weighted by molar-refractivity contribution is -0.137. The number of phenolic OH excluding ortho intramolecular Hbond substituents is 1. The minimum Gasteiger partial charge on any atom is -0.508 e. The van der Waals surface area contributed by atoms with E-state index in [1.54, 1.807) is 19.2 Å². The van der Waals surface area contributed by atoms with Crippen LogP contribution in [0.15, 0.2) is 24.3 Å². The van der Waals surface area contributed by atoms with Gasteiger partial charge in [-0.05, 0) is 45.0 Å². The third kappa shape index (κ3) is 4.66. The second kappa shape index (κ2) is 6.47. The van der Waals surface area contributed by atoms with Crippen LogP contribution < -0.4 is 4.90 Å². The summed E-state index contributed by atoms with van der Waals surface area (Å²) in [7, 11) is 1.62. The number of urea groups is 1. The molecule has 0 fully saturated rings. The van der Waals surface area contributed by atoms with Crippen molar-refractivity contribution in [2.24, 2.45) is 0 Å². The van der Waals surface area contributed by atoms with Crippen LogP contribution in [-0.4, -0.2) is 46.2 Å². The van der Waals surface area contributed by atoms with Crippen molar-refractivity contribution in [2.45, 2.75) is 32.7 Å². The number of amides is 2. The molecular weight excluding hydrogens is 272 g/mol. The zero-order chi connectivity index (χ0) is 16.2. The molecule has 2 amide bonds. The number of hydrogen-bond acceptors (Lipinski definition) is 3. The van der Waals surface area contributed by atoms with Gasteiger partial charge in [0.25, 0.3) is 0 Å². The van der Waals surface area contributed by atoms with Crippen molar-refractivity contribution in [1.82, 2.24) is 4.90 Å². The van der Waals surface area contributed by atoms with Gasteiger partial charge in [-0.2, -0.15) is 0 Å². The maximum atomic E-state index is 12.6. The predicted molar refractivity (Wildman–Crippen MR) is 80.6 cm³/mol. The topological polar surface area (TPSA) is 81.1 Å². The molecule has 0 unspecified atom stereocenters. The van der Waals surface area contributed by atoms with Crippen LogP contribution in [0.1, 0.15) is 27.2 Å². The number of carboxylic acids is 1. The summed E-state index contributed by atoms with van der Waals surface area (Å²) in [5, 5.41) is 18.1. The third-order valence-corrected chi connectivity index (χ3v) is 3.11. The first kappa shape index (κ1) is 16.8. The smallest absolute Gasteiger partial charge is 0.324 e. The van der Waals surface area contributed by atoms with E-state index in [4.69, 9.17) is 5.11 Å². The van der Waals surface area contributed by atoms with Crippen molar-refractivity contribution < 1.29 is 19.8 Å². The molecule has 116 valence electrons. The largest absolute Gasteiger partial charge is 0.508 e. The minimum absolute atomic E-state index is 0.105. The highest BCUT2D eigenvalue weighted by Crippen LogP contribution is 2.22. The number of anilines is 1. The average molecular weight is 294 g/mol. The van der Waals surface area contributed by atoms with Gasteiger partial charge in [0.05, 0.1) is 6.42 Å². The quantitative estimate of drug-likeness (QED) is 0.894. The number of hydrogen-bond donors (Lipinski definition) is 2. The van der Waals surface area contributed by atoms with Crippen LogP contribution in [0.3, 0.4) is 0 Å². The second-order valence-corrected chi connectivity index (χ2v) is 5.82. The molecule has 0 atom stereocenters. The Kier molecular flexibility index (Phi) is 5.18. The number of aliphatic carboxylic acids is 1. The summed E-state index contributed by atoms with van der Waals surface area (Å²) in [5.74, 6) is -0.817. The molecule has 6 heteroatoms. The molecule has 0 aliphatic heterocycles. The Balaban J connectivity index is 2.93. The van der Waals surface area contributed by atoms with Crippen LogP contribution in [0.4, 0.5) is 10.5 Å². The van der Waals surface area contributed by atoms with Gasteiger partial charge >= 0.3 is 12.0 Å². The fourth-order valence-electron chi connectivity index (χ4n) is 1.89. The van der Waals surface area contributed by atoms with Gasteiger partial charge in [-0.1, -0.05) is 0 Å². The van der Waals surface area contributed by atoms with Gasteiger partial charge in [-0.15, -0.1) is 0 Å². The van der Waals surface area contributed by atoms with Gasteiger partial charge in [0.15, 0.2) is 0 Å². The fourth-order valence-corrected chi connectivity index (χ4v) is 1.89. The van der Waals surface area contributed by atoms with Crippen molar-refractivity contribution in [2.75, 3.05) is 18.5 Å². The third-order valence-electron chi connectivity index (χ3n) is 3.11. The van der Waals surface area contributed by atoms with Gasteiger partial charge in [0, 0.05) is 24.8 Å². The first-order chi connectivity index (χ1) is 9.62. The molecule has 0 spiro atoms. The Morgan fingerprint density at radius 1 is 1.14 bits per heavy atom. The lowest BCUT2D eigenvalue weighted by Gasteiger charge is -2.38. The Morgan fingerprint density at radius 2 is 1.67 bits per heavy atom. The molecule has 0 aliphatic carbocycles. The van der Waals surface area contributed by atoms with Crippen molar-refractivity contribution >= 4 is 17.7 Å². The average Bonchev–Trinajstić information content (AvgIpc) is 2.36. The lowest BCUT2D eigenvalue weighted by Crippen LogP contribution is -2.51. The molecule has 6 nitrogen and oxygen atoms in total. The summed E-state index contributed by atoms with van der Waals surface area (Å²) in [6.07, 6.45) is -0.105. The van der Waals surface area contributed by atoms with Crippen molar-refractivity contribution in [3.63, 3.8) is 0 Å². The minimum atomic E-state index is -0.940. The van der Waals surface area contributed by atoms with Crippen LogP contribution in [0.2, 0.25) is 0 Å². The summed E-state index contributed by atoms with van der Waals surface area (Å²) < 4.78 is 0. The maximum absolute atomic E-state index is 12.6. The maximum Gasteiger partial charge on any atom is 0.324 e. The monoisotopic (exact) mass is 294 g/mol. The van der Waals surface area contributed by atoms with Gasteiger partial charge < -0.3 is 15.1 Å². The molecule has 0 heterocycles. The van der Waals surface area contributed by atoms with Crippen molar-refractivity contribution in [3.05, 3.63) is 24.3 Å². The summed E-state index contributed by atoms with van der Waals surface area (Å²) in [4.78, 5) is 26.3. The fraction of sp³-hybridized carbons (Fsp3) is 0.467. The van der Waals surface area contributed by atoms with E-state index in [-0.39, 0.29) is 24.7 Å². The molecule has 2 N–H and O–H groups in total. The molecule has 21 heavy (non-hydrogen) atoms. The van der Waals surface area contributed by atoms with Crippen molar-refractivity contribution in [1.29, 1.82) is 0 Å². The zero-order valence-corrected chi connectivity index (χ0v) is 12.8. The summed E-state index contributed by atoms with van der Waals surface area (Å²) in [5.41, 5.74) is 0.139. The van der Waals surface area contributed by atoms with Gasteiger partial charge in [0.2, 0.25) is 0 Å². The number of benzene rings is 1. The number of rotatable bonds is 4. The van der Waals surface area contributed by atoms with Crippen LogP contribution in [0.25, 0.3) is 0 Å². The van der Waals surface area contributed by atoms with E-state index < -0.39 is 11.5 Å². The van der Waals surface area contributed by atoms with E-state index in [1.165, 1.54) is 21.9 Å². The van der Waals surface area contributed by atoms with Gasteiger partial charge in [0.1, 0.15) is 5.75 Å². The highest BCUT2D eigenvalue weighted by atomic mass is 16.4.